The third-order valence-corrected chi connectivity index (χ3v) is 3.68. The summed E-state index contributed by atoms with van der Waals surface area (Å²) in [6, 6.07) is 5.88. The van der Waals surface area contributed by atoms with Gasteiger partial charge < -0.3 is 10.6 Å². The molecule has 2 N–H and O–H groups in total. The van der Waals surface area contributed by atoms with Crippen LogP contribution in [0.25, 0.3) is 0 Å². The van der Waals surface area contributed by atoms with Crippen LogP contribution in [-0.4, -0.2) is 30.4 Å². The van der Waals surface area contributed by atoms with E-state index < -0.39 is 0 Å². The lowest BCUT2D eigenvalue weighted by Gasteiger charge is -2.31. The smallest absolute Gasteiger partial charge is 0.254 e. The fourth-order valence-corrected chi connectivity index (χ4v) is 2.06. The number of rotatable bonds is 5. The zero-order valence-corrected chi connectivity index (χ0v) is 12.8. The first-order chi connectivity index (χ1) is 8.82. The van der Waals surface area contributed by atoms with Crippen LogP contribution < -0.4 is 5.73 Å². The largest absolute Gasteiger partial charge is 0.338 e. The topological polar surface area (TPSA) is 46.3 Å². The van der Waals surface area contributed by atoms with Gasteiger partial charge in [-0.25, -0.2) is 0 Å². The van der Waals surface area contributed by atoms with Gasteiger partial charge in [-0.2, -0.15) is 0 Å². The Hall–Kier alpha value is -1.35. The van der Waals surface area contributed by atoms with Crippen LogP contribution in [0.3, 0.4) is 0 Å². The van der Waals surface area contributed by atoms with Gasteiger partial charge in [-0.15, -0.1) is 0 Å². The molecule has 0 atom stereocenters. The lowest BCUT2D eigenvalue weighted by molar-refractivity contribution is 0.0700. The second-order valence-corrected chi connectivity index (χ2v) is 5.94. The Balaban J connectivity index is 2.99. The molecule has 106 valence electrons. The van der Waals surface area contributed by atoms with Crippen molar-refractivity contribution in [1.29, 1.82) is 0 Å². The van der Waals surface area contributed by atoms with Gasteiger partial charge in [0.15, 0.2) is 0 Å². The summed E-state index contributed by atoms with van der Waals surface area (Å²) in [5.41, 5.74) is 8.73. The number of hydrogen-bond donors (Lipinski definition) is 1. The molecular formula is C16H26N2O. The zero-order chi connectivity index (χ0) is 14.6. The second-order valence-electron chi connectivity index (χ2n) is 5.94. The molecule has 1 aromatic rings. The first-order valence-electron chi connectivity index (χ1n) is 6.88. The van der Waals surface area contributed by atoms with E-state index in [9.17, 15) is 4.79 Å². The minimum atomic E-state index is -0.0522. The van der Waals surface area contributed by atoms with Crippen molar-refractivity contribution >= 4 is 5.91 Å². The minimum absolute atomic E-state index is 0.0522. The van der Waals surface area contributed by atoms with Gasteiger partial charge >= 0.3 is 0 Å². The standard InChI is InChI=1S/C16H26N2O/c1-6-18(11-16(4,5)10-17)15(19)14-9-7-8-12(2)13(14)3/h7-9H,6,10-11,17H2,1-5H3. The van der Waals surface area contributed by atoms with Gasteiger partial charge in [0, 0.05) is 18.7 Å². The van der Waals surface area contributed by atoms with Gasteiger partial charge in [0.1, 0.15) is 0 Å². The van der Waals surface area contributed by atoms with Crippen molar-refractivity contribution in [1.82, 2.24) is 4.90 Å². The predicted octanol–water partition coefficient (Wildman–Crippen LogP) is 2.75. The molecule has 0 fully saturated rings. The summed E-state index contributed by atoms with van der Waals surface area (Å²) in [5.74, 6) is 0.102. The molecule has 0 spiro atoms. The van der Waals surface area contributed by atoms with Crippen molar-refractivity contribution in [3.05, 3.63) is 34.9 Å². The van der Waals surface area contributed by atoms with Crippen LogP contribution in [0, 0.1) is 19.3 Å². The van der Waals surface area contributed by atoms with Crippen LogP contribution >= 0.6 is 0 Å². The average Bonchev–Trinajstić information content (AvgIpc) is 2.38. The summed E-state index contributed by atoms with van der Waals surface area (Å²) in [6.45, 7) is 12.2. The van der Waals surface area contributed by atoms with Crippen LogP contribution in [-0.2, 0) is 0 Å². The molecule has 3 nitrogen and oxygen atoms in total. The molecule has 1 aromatic carbocycles. The maximum atomic E-state index is 12.6. The van der Waals surface area contributed by atoms with Crippen LogP contribution in [0.4, 0.5) is 0 Å². The molecule has 0 radical (unpaired) electrons. The SMILES string of the molecule is CCN(CC(C)(C)CN)C(=O)c1cccc(C)c1C. The quantitative estimate of drug-likeness (QED) is 0.887. The molecule has 0 saturated heterocycles. The predicted molar refractivity (Wildman–Crippen MR) is 80.3 cm³/mol. The van der Waals surface area contributed by atoms with E-state index in [1.807, 2.05) is 43.9 Å². The van der Waals surface area contributed by atoms with Gasteiger partial charge in [-0.05, 0) is 49.9 Å². The summed E-state index contributed by atoms with van der Waals surface area (Å²) in [6.07, 6.45) is 0. The third-order valence-electron chi connectivity index (χ3n) is 3.68. The summed E-state index contributed by atoms with van der Waals surface area (Å²) >= 11 is 0. The Bertz CT molecular complexity index is 452. The van der Waals surface area contributed by atoms with Crippen LogP contribution in [0.15, 0.2) is 18.2 Å². The molecule has 0 bridgehead atoms. The molecule has 0 heterocycles. The first kappa shape index (κ1) is 15.7. The van der Waals surface area contributed by atoms with Gasteiger partial charge in [0.05, 0.1) is 0 Å². The van der Waals surface area contributed by atoms with E-state index in [-0.39, 0.29) is 11.3 Å². The lowest BCUT2D eigenvalue weighted by Crippen LogP contribution is -2.42. The molecule has 1 rings (SSSR count). The Morgan fingerprint density at radius 3 is 2.47 bits per heavy atom. The number of nitrogens with zero attached hydrogens (tertiary/aromatic N) is 1. The van der Waals surface area contributed by atoms with Crippen molar-refractivity contribution in [2.45, 2.75) is 34.6 Å². The fourth-order valence-electron chi connectivity index (χ4n) is 2.06. The number of benzene rings is 1. The molecular weight excluding hydrogens is 236 g/mol. The Labute approximate surface area is 116 Å². The number of hydrogen-bond acceptors (Lipinski definition) is 2. The van der Waals surface area contributed by atoms with Crippen LogP contribution in [0.5, 0.6) is 0 Å². The van der Waals surface area contributed by atoms with Crippen molar-refractivity contribution in [2.75, 3.05) is 19.6 Å². The second kappa shape index (κ2) is 6.20. The van der Waals surface area contributed by atoms with Gasteiger partial charge in [-0.1, -0.05) is 26.0 Å². The summed E-state index contributed by atoms with van der Waals surface area (Å²) in [5, 5.41) is 0. The van der Waals surface area contributed by atoms with Gasteiger partial charge in [0.25, 0.3) is 5.91 Å². The highest BCUT2D eigenvalue weighted by Gasteiger charge is 2.24. The van der Waals surface area contributed by atoms with Crippen molar-refractivity contribution in [2.24, 2.45) is 11.1 Å². The molecule has 1 amide bonds. The summed E-state index contributed by atoms with van der Waals surface area (Å²) < 4.78 is 0. The van der Waals surface area contributed by atoms with E-state index in [0.717, 1.165) is 16.7 Å². The summed E-state index contributed by atoms with van der Waals surface area (Å²) in [4.78, 5) is 14.5. The average molecular weight is 262 g/mol. The van der Waals surface area contributed by atoms with E-state index in [4.69, 9.17) is 5.73 Å². The highest BCUT2D eigenvalue weighted by Crippen LogP contribution is 2.19. The number of nitrogens with two attached hydrogens (primary N) is 1. The lowest BCUT2D eigenvalue weighted by atomic mass is 9.92. The molecule has 0 aliphatic heterocycles. The molecule has 3 heteroatoms. The maximum absolute atomic E-state index is 12.6. The Morgan fingerprint density at radius 2 is 1.95 bits per heavy atom. The van der Waals surface area contributed by atoms with E-state index >= 15 is 0 Å². The number of amides is 1. The Morgan fingerprint density at radius 1 is 1.32 bits per heavy atom. The molecule has 0 saturated carbocycles. The highest BCUT2D eigenvalue weighted by atomic mass is 16.2. The minimum Gasteiger partial charge on any atom is -0.338 e. The van der Waals surface area contributed by atoms with Crippen molar-refractivity contribution in [3.63, 3.8) is 0 Å². The zero-order valence-electron chi connectivity index (χ0n) is 12.8. The monoisotopic (exact) mass is 262 g/mol. The van der Waals surface area contributed by atoms with Gasteiger partial charge in [0.2, 0.25) is 0 Å². The molecule has 0 aliphatic carbocycles. The van der Waals surface area contributed by atoms with Crippen LogP contribution in [0.1, 0.15) is 42.3 Å². The summed E-state index contributed by atoms with van der Waals surface area (Å²) in [7, 11) is 0. The Kier molecular flexibility index (Phi) is 5.12. The fraction of sp³-hybridized carbons (Fsp3) is 0.562. The number of carbonyl (C=O) groups excluding carboxylic acids is 1. The highest BCUT2D eigenvalue weighted by molar-refractivity contribution is 5.96. The van der Waals surface area contributed by atoms with Crippen molar-refractivity contribution < 1.29 is 4.79 Å². The van der Waals surface area contributed by atoms with E-state index in [2.05, 4.69) is 13.8 Å². The number of carbonyl (C=O) groups is 1. The molecule has 19 heavy (non-hydrogen) atoms. The molecule has 0 unspecified atom stereocenters. The van der Waals surface area contributed by atoms with Crippen LogP contribution in [0.2, 0.25) is 0 Å². The third kappa shape index (κ3) is 3.80. The van der Waals surface area contributed by atoms with Crippen molar-refractivity contribution in [3.8, 4) is 0 Å². The normalized spacial score (nSPS) is 11.5. The number of aryl methyl sites for hydroxylation is 1. The van der Waals surface area contributed by atoms with Gasteiger partial charge in [-0.3, -0.25) is 4.79 Å². The molecule has 0 aliphatic rings. The first-order valence-corrected chi connectivity index (χ1v) is 6.88. The molecule has 0 aromatic heterocycles. The van der Waals surface area contributed by atoms with E-state index in [1.54, 1.807) is 0 Å². The van der Waals surface area contributed by atoms with E-state index in [1.165, 1.54) is 0 Å². The van der Waals surface area contributed by atoms with E-state index in [0.29, 0.717) is 19.6 Å². The maximum Gasteiger partial charge on any atom is 0.254 e.